The van der Waals surface area contributed by atoms with Crippen LogP contribution < -0.4 is 10.5 Å². The van der Waals surface area contributed by atoms with Crippen molar-refractivity contribution in [1.82, 2.24) is 19.6 Å². The van der Waals surface area contributed by atoms with Gasteiger partial charge in [0.1, 0.15) is 41.5 Å². The number of anilines is 1. The van der Waals surface area contributed by atoms with Gasteiger partial charge in [-0.2, -0.15) is 5.10 Å². The molecule has 31 heavy (non-hydrogen) atoms. The van der Waals surface area contributed by atoms with E-state index in [2.05, 4.69) is 10.1 Å². The van der Waals surface area contributed by atoms with Gasteiger partial charge >= 0.3 is 0 Å². The standard InChI is InChI=1S/C24H23N5O2/c25-23-22-21(18-7-4-8-20(13-18)31-14-16-5-2-1-3-6-16)28-24(29(22)27-15-26-23)17-9-11-19(30)12-10-17/h1-8,13,15,17H,9-12,14H2,(H2,25,26,27). The Hall–Kier alpha value is -3.74. The molecule has 0 amide bonds. The van der Waals surface area contributed by atoms with Gasteiger partial charge in [0.25, 0.3) is 0 Å². The van der Waals surface area contributed by atoms with Crippen LogP contribution >= 0.6 is 0 Å². The first kappa shape index (κ1) is 19.2. The molecule has 0 bridgehead atoms. The fraction of sp³-hybridized carbons (Fsp3) is 0.250. The van der Waals surface area contributed by atoms with Crippen molar-refractivity contribution in [3.05, 3.63) is 72.3 Å². The number of benzene rings is 2. The van der Waals surface area contributed by atoms with E-state index in [4.69, 9.17) is 15.5 Å². The second-order valence-corrected chi connectivity index (χ2v) is 7.84. The summed E-state index contributed by atoms with van der Waals surface area (Å²) in [6, 6.07) is 17.9. The van der Waals surface area contributed by atoms with Gasteiger partial charge in [0, 0.05) is 24.3 Å². The van der Waals surface area contributed by atoms with Gasteiger partial charge in [-0.1, -0.05) is 42.5 Å². The minimum atomic E-state index is 0.172. The second kappa shape index (κ2) is 8.18. The van der Waals surface area contributed by atoms with Crippen molar-refractivity contribution in [3.63, 3.8) is 0 Å². The van der Waals surface area contributed by atoms with Crippen LogP contribution in [0.25, 0.3) is 16.8 Å². The molecule has 1 fully saturated rings. The SMILES string of the molecule is Nc1ncnn2c(C3CCC(=O)CC3)nc(-c3cccc(OCc4ccccc4)c3)c12. The van der Waals surface area contributed by atoms with Crippen LogP contribution in [-0.2, 0) is 11.4 Å². The molecule has 156 valence electrons. The molecule has 2 N–H and O–H groups in total. The number of nitrogens with zero attached hydrogens (tertiary/aromatic N) is 4. The van der Waals surface area contributed by atoms with E-state index in [9.17, 15) is 4.79 Å². The van der Waals surface area contributed by atoms with Crippen molar-refractivity contribution in [2.45, 2.75) is 38.2 Å². The Morgan fingerprint density at radius 2 is 1.87 bits per heavy atom. The summed E-state index contributed by atoms with van der Waals surface area (Å²) in [5.41, 5.74) is 9.65. The molecule has 0 spiro atoms. The predicted molar refractivity (Wildman–Crippen MR) is 118 cm³/mol. The molecule has 0 radical (unpaired) electrons. The number of nitrogens with two attached hydrogens (primary N) is 1. The minimum absolute atomic E-state index is 0.172. The second-order valence-electron chi connectivity index (χ2n) is 7.84. The molecule has 4 aromatic rings. The maximum Gasteiger partial charge on any atom is 0.153 e. The van der Waals surface area contributed by atoms with Crippen LogP contribution in [0.2, 0.25) is 0 Å². The summed E-state index contributed by atoms with van der Waals surface area (Å²) in [5, 5.41) is 4.43. The minimum Gasteiger partial charge on any atom is -0.489 e. The molecule has 1 saturated carbocycles. The Balaban J connectivity index is 1.50. The highest BCUT2D eigenvalue weighted by molar-refractivity contribution is 5.85. The highest BCUT2D eigenvalue weighted by Gasteiger charge is 2.27. The Bertz CT molecular complexity index is 1230. The van der Waals surface area contributed by atoms with Crippen molar-refractivity contribution in [2.75, 3.05) is 5.73 Å². The molecule has 1 aliphatic carbocycles. The van der Waals surface area contributed by atoms with E-state index < -0.39 is 0 Å². The van der Waals surface area contributed by atoms with Crippen LogP contribution in [0.3, 0.4) is 0 Å². The van der Waals surface area contributed by atoms with Gasteiger partial charge in [0.15, 0.2) is 5.82 Å². The van der Waals surface area contributed by atoms with Gasteiger partial charge in [0.2, 0.25) is 0 Å². The summed E-state index contributed by atoms with van der Waals surface area (Å²) < 4.78 is 7.78. The third kappa shape index (κ3) is 3.86. The zero-order valence-corrected chi connectivity index (χ0v) is 17.1. The number of carbonyl (C=O) groups is 1. The van der Waals surface area contributed by atoms with Crippen LogP contribution in [0, 0.1) is 0 Å². The lowest BCUT2D eigenvalue weighted by Crippen LogP contribution is -2.15. The van der Waals surface area contributed by atoms with Crippen LogP contribution in [-0.4, -0.2) is 25.4 Å². The molecule has 0 saturated heterocycles. The lowest BCUT2D eigenvalue weighted by molar-refractivity contribution is -0.120. The summed E-state index contributed by atoms with van der Waals surface area (Å²) in [6.45, 7) is 0.487. The van der Waals surface area contributed by atoms with Gasteiger partial charge < -0.3 is 10.5 Å². The number of hydrogen-bond donors (Lipinski definition) is 1. The van der Waals surface area contributed by atoms with Crippen LogP contribution in [0.5, 0.6) is 5.75 Å². The number of ketones is 1. The molecule has 7 heteroatoms. The molecule has 2 aromatic carbocycles. The van der Waals surface area contributed by atoms with E-state index in [0.717, 1.165) is 41.2 Å². The third-order valence-corrected chi connectivity index (χ3v) is 5.75. The van der Waals surface area contributed by atoms with Gasteiger partial charge in [-0.15, -0.1) is 0 Å². The number of hydrogen-bond acceptors (Lipinski definition) is 6. The quantitative estimate of drug-likeness (QED) is 0.527. The zero-order valence-electron chi connectivity index (χ0n) is 17.1. The number of aromatic nitrogens is 4. The van der Waals surface area contributed by atoms with Crippen molar-refractivity contribution in [1.29, 1.82) is 0 Å². The predicted octanol–water partition coefficient (Wildman–Crippen LogP) is 4.18. The highest BCUT2D eigenvalue weighted by Crippen LogP contribution is 2.36. The van der Waals surface area contributed by atoms with Crippen LogP contribution in [0.15, 0.2) is 60.9 Å². The summed E-state index contributed by atoms with van der Waals surface area (Å²) in [7, 11) is 0. The number of carbonyl (C=O) groups excluding carboxylic acids is 1. The molecule has 7 nitrogen and oxygen atoms in total. The molecular formula is C24H23N5O2. The Labute approximate surface area is 179 Å². The summed E-state index contributed by atoms with van der Waals surface area (Å²) in [4.78, 5) is 20.8. The summed E-state index contributed by atoms with van der Waals surface area (Å²) >= 11 is 0. The van der Waals surface area contributed by atoms with Crippen molar-refractivity contribution >= 4 is 17.1 Å². The van der Waals surface area contributed by atoms with Crippen LogP contribution in [0.4, 0.5) is 5.82 Å². The average Bonchev–Trinajstić information content (AvgIpc) is 3.20. The van der Waals surface area contributed by atoms with Crippen LogP contribution in [0.1, 0.15) is 43.0 Å². The maximum atomic E-state index is 11.7. The fourth-order valence-electron chi connectivity index (χ4n) is 4.11. The van der Waals surface area contributed by atoms with Gasteiger partial charge in [-0.25, -0.2) is 14.5 Å². The van der Waals surface area contributed by atoms with E-state index >= 15 is 0 Å². The molecule has 2 aromatic heterocycles. The number of ether oxygens (including phenoxy) is 1. The van der Waals surface area contributed by atoms with Gasteiger partial charge in [-0.05, 0) is 30.5 Å². The fourth-order valence-corrected chi connectivity index (χ4v) is 4.11. The monoisotopic (exact) mass is 413 g/mol. The molecule has 5 rings (SSSR count). The van der Waals surface area contributed by atoms with Gasteiger partial charge in [-0.3, -0.25) is 4.79 Å². The highest BCUT2D eigenvalue weighted by atomic mass is 16.5. The number of rotatable bonds is 5. The largest absolute Gasteiger partial charge is 0.489 e. The van der Waals surface area contributed by atoms with E-state index in [0.29, 0.717) is 36.6 Å². The molecule has 2 heterocycles. The lowest BCUT2D eigenvalue weighted by Gasteiger charge is -2.19. The van der Waals surface area contributed by atoms with Crippen molar-refractivity contribution in [3.8, 4) is 17.0 Å². The molecule has 1 aliphatic rings. The number of Topliss-reactive ketones (excluding diaryl/α,β-unsaturated/α-hetero) is 1. The van der Waals surface area contributed by atoms with E-state index in [-0.39, 0.29) is 5.92 Å². The van der Waals surface area contributed by atoms with E-state index in [1.54, 1.807) is 4.52 Å². The first-order chi connectivity index (χ1) is 15.2. The Morgan fingerprint density at radius 3 is 2.68 bits per heavy atom. The molecule has 0 atom stereocenters. The number of imidazole rings is 1. The zero-order chi connectivity index (χ0) is 21.2. The smallest absolute Gasteiger partial charge is 0.153 e. The molecule has 0 aliphatic heterocycles. The third-order valence-electron chi connectivity index (χ3n) is 5.75. The Morgan fingerprint density at radius 1 is 1.06 bits per heavy atom. The topological polar surface area (TPSA) is 95.4 Å². The summed E-state index contributed by atoms with van der Waals surface area (Å²) in [5.74, 6) is 2.46. The Kier molecular flexibility index (Phi) is 5.08. The average molecular weight is 413 g/mol. The summed E-state index contributed by atoms with van der Waals surface area (Å²) in [6.07, 6.45) is 4.17. The molecular weight excluding hydrogens is 390 g/mol. The van der Waals surface area contributed by atoms with Gasteiger partial charge in [0.05, 0.1) is 0 Å². The number of nitrogen functional groups attached to an aromatic ring is 1. The lowest BCUT2D eigenvalue weighted by atomic mass is 9.88. The normalized spacial score (nSPS) is 14.8. The van der Waals surface area contributed by atoms with Crippen molar-refractivity contribution < 1.29 is 9.53 Å². The van der Waals surface area contributed by atoms with Crippen molar-refractivity contribution in [2.24, 2.45) is 0 Å². The van der Waals surface area contributed by atoms with E-state index in [1.807, 2.05) is 54.6 Å². The number of fused-ring (bicyclic) bond motifs is 1. The first-order valence-corrected chi connectivity index (χ1v) is 10.5. The maximum absolute atomic E-state index is 11.7. The molecule has 0 unspecified atom stereocenters. The first-order valence-electron chi connectivity index (χ1n) is 10.5. The van der Waals surface area contributed by atoms with E-state index in [1.165, 1.54) is 6.33 Å².